The van der Waals surface area contributed by atoms with Gasteiger partial charge in [-0.05, 0) is 85.5 Å². The minimum Gasteiger partial charge on any atom is -0.493 e. The van der Waals surface area contributed by atoms with Crippen LogP contribution in [0.4, 0.5) is 0 Å². The van der Waals surface area contributed by atoms with Gasteiger partial charge in [0.2, 0.25) is 0 Å². The number of carbonyl (C=O) groups is 2. The number of carbonyl (C=O) groups excluding carboxylic acids is 2. The quantitative estimate of drug-likeness (QED) is 0.188. The zero-order valence-corrected chi connectivity index (χ0v) is 25.5. The number of nitriles is 1. The first-order chi connectivity index (χ1) is 21.8. The van der Waals surface area contributed by atoms with Crippen molar-refractivity contribution in [1.82, 2.24) is 14.7 Å². The first kappa shape index (κ1) is 29.5. The number of hydrogen-bond donors (Lipinski definition) is 0. The van der Waals surface area contributed by atoms with Crippen molar-refractivity contribution in [2.24, 2.45) is 0 Å². The first-order valence-electron chi connectivity index (χ1n) is 14.7. The lowest BCUT2D eigenvalue weighted by Gasteiger charge is -2.27. The van der Waals surface area contributed by atoms with Gasteiger partial charge in [-0.1, -0.05) is 24.3 Å². The van der Waals surface area contributed by atoms with Gasteiger partial charge in [0.1, 0.15) is 23.5 Å². The van der Waals surface area contributed by atoms with Crippen LogP contribution >= 0.6 is 0 Å². The summed E-state index contributed by atoms with van der Waals surface area (Å²) in [5.74, 6) is 0.921. The molecule has 0 radical (unpaired) electrons. The molecule has 45 heavy (non-hydrogen) atoms. The second-order valence-corrected chi connectivity index (χ2v) is 11.0. The van der Waals surface area contributed by atoms with E-state index in [9.17, 15) is 14.9 Å². The number of fused-ring (bicyclic) bond motifs is 1. The molecule has 3 heterocycles. The first-order valence-corrected chi connectivity index (χ1v) is 14.7. The zero-order valence-electron chi connectivity index (χ0n) is 25.5. The molecule has 0 saturated heterocycles. The van der Waals surface area contributed by atoms with E-state index < -0.39 is 11.8 Å². The van der Waals surface area contributed by atoms with Gasteiger partial charge < -0.3 is 14.2 Å². The predicted molar refractivity (Wildman–Crippen MR) is 169 cm³/mol. The number of amides is 2. The highest BCUT2D eigenvalue weighted by Crippen LogP contribution is 2.36. The second-order valence-electron chi connectivity index (χ2n) is 11.0. The largest absolute Gasteiger partial charge is 0.493 e. The summed E-state index contributed by atoms with van der Waals surface area (Å²) in [6.45, 7) is 3.76. The summed E-state index contributed by atoms with van der Waals surface area (Å²) in [5.41, 5.74) is 5.57. The summed E-state index contributed by atoms with van der Waals surface area (Å²) >= 11 is 0. The fraction of sp³-hybridized carbons (Fsp3) is 0.222. The molecule has 0 saturated carbocycles. The van der Waals surface area contributed by atoms with Crippen molar-refractivity contribution in [3.63, 3.8) is 0 Å². The molecule has 2 aliphatic heterocycles. The van der Waals surface area contributed by atoms with E-state index in [4.69, 9.17) is 19.3 Å². The molecular formula is C36H32N4O5. The van der Waals surface area contributed by atoms with Crippen molar-refractivity contribution in [3.8, 4) is 40.3 Å². The molecule has 2 aliphatic rings. The van der Waals surface area contributed by atoms with Crippen molar-refractivity contribution >= 4 is 17.9 Å². The maximum atomic E-state index is 14.0. The van der Waals surface area contributed by atoms with Gasteiger partial charge in [-0.3, -0.25) is 14.5 Å². The highest BCUT2D eigenvalue weighted by Gasteiger charge is 2.35. The smallest absolute Gasteiger partial charge is 0.271 e. The van der Waals surface area contributed by atoms with E-state index in [0.717, 1.165) is 39.4 Å². The van der Waals surface area contributed by atoms with Crippen LogP contribution in [0.5, 0.6) is 17.2 Å². The molecule has 0 N–H and O–H groups in total. The third-order valence-corrected chi connectivity index (χ3v) is 8.13. The number of para-hydroxylation sites is 1. The summed E-state index contributed by atoms with van der Waals surface area (Å²) in [4.78, 5) is 28.5. The van der Waals surface area contributed by atoms with Gasteiger partial charge in [-0.15, -0.1) is 0 Å². The molecule has 4 aromatic rings. The van der Waals surface area contributed by atoms with Crippen LogP contribution < -0.4 is 14.2 Å². The van der Waals surface area contributed by atoms with Gasteiger partial charge in [-0.2, -0.15) is 10.4 Å². The number of ether oxygens (including phenoxy) is 3. The zero-order chi connectivity index (χ0) is 31.7. The number of imide groups is 1. The third kappa shape index (κ3) is 5.58. The molecule has 9 heteroatoms. The Balaban J connectivity index is 1.40. The van der Waals surface area contributed by atoms with E-state index in [2.05, 4.69) is 6.07 Å². The Hall–Kier alpha value is -5.62. The van der Waals surface area contributed by atoms with E-state index in [1.54, 1.807) is 38.0 Å². The lowest BCUT2D eigenvalue weighted by Crippen LogP contribution is -2.43. The molecule has 6 rings (SSSR count). The van der Waals surface area contributed by atoms with Crippen molar-refractivity contribution in [2.75, 3.05) is 20.8 Å². The fourth-order valence-corrected chi connectivity index (χ4v) is 5.76. The average Bonchev–Trinajstić information content (AvgIpc) is 3.65. The predicted octanol–water partition coefficient (Wildman–Crippen LogP) is 5.71. The summed E-state index contributed by atoms with van der Waals surface area (Å²) in [5, 5.41) is 14.9. The second kappa shape index (κ2) is 12.2. The molecule has 0 fully saturated rings. The van der Waals surface area contributed by atoms with E-state index in [0.29, 0.717) is 34.8 Å². The Bertz CT molecular complexity index is 1920. The Morgan fingerprint density at radius 1 is 1.02 bits per heavy atom. The van der Waals surface area contributed by atoms with E-state index in [1.165, 1.54) is 0 Å². The van der Waals surface area contributed by atoms with Crippen molar-refractivity contribution in [3.05, 3.63) is 106 Å². The van der Waals surface area contributed by atoms with Gasteiger partial charge >= 0.3 is 0 Å². The number of aromatic nitrogens is 2. The molecule has 0 bridgehead atoms. The molecule has 226 valence electrons. The lowest BCUT2D eigenvalue weighted by atomic mass is 9.92. The number of benzene rings is 3. The normalized spacial score (nSPS) is 16.9. The van der Waals surface area contributed by atoms with Crippen molar-refractivity contribution in [2.45, 2.75) is 32.8 Å². The van der Waals surface area contributed by atoms with Gasteiger partial charge in [-0.25, -0.2) is 4.68 Å². The minimum atomic E-state index is -0.606. The highest BCUT2D eigenvalue weighted by molar-refractivity contribution is 6.19. The molecule has 9 nitrogen and oxygen atoms in total. The topological polar surface area (TPSA) is 107 Å². The van der Waals surface area contributed by atoms with Gasteiger partial charge in [0, 0.05) is 35.9 Å². The van der Waals surface area contributed by atoms with Gasteiger partial charge in [0.15, 0.2) is 11.5 Å². The average molecular weight is 601 g/mol. The van der Waals surface area contributed by atoms with E-state index >= 15 is 0 Å². The molecule has 1 unspecified atom stereocenters. The molecule has 3 aromatic carbocycles. The summed E-state index contributed by atoms with van der Waals surface area (Å²) in [7, 11) is 3.11. The SMILES string of the molecule is COc1ccc(CCN2C(=O)C(C#N)=C(C)/C(=C\c3cn(-c4ccccc4)nc3-c3ccc4c(c3)CC(C)O4)C2=O)cc1OC. The van der Waals surface area contributed by atoms with E-state index in [1.807, 2.05) is 73.8 Å². The fourth-order valence-electron chi connectivity index (χ4n) is 5.76. The summed E-state index contributed by atoms with van der Waals surface area (Å²) in [6, 6.07) is 23.2. The highest BCUT2D eigenvalue weighted by atomic mass is 16.5. The minimum absolute atomic E-state index is 0.0613. The molecule has 1 aromatic heterocycles. The summed E-state index contributed by atoms with van der Waals surface area (Å²) < 4.78 is 18.4. The maximum absolute atomic E-state index is 14.0. The van der Waals surface area contributed by atoms with Crippen LogP contribution in [0, 0.1) is 11.3 Å². The lowest BCUT2D eigenvalue weighted by molar-refractivity contribution is -0.140. The Kier molecular flexibility index (Phi) is 7.97. The standard InChI is InChI=1S/C36H32N4O5/c1-22-16-26-18-25(11-13-31(26)45-22)34-27(21-40(38-34)28-8-6-5-7-9-28)19-29-23(2)30(20-37)36(42)39(35(29)41)15-14-24-10-12-32(43-3)33(17-24)44-4/h5-13,17-19,21-22H,14-16H2,1-4H3/b29-19+. The van der Waals surface area contributed by atoms with Crippen LogP contribution in [0.2, 0.25) is 0 Å². The number of methoxy groups -OCH3 is 2. The monoisotopic (exact) mass is 600 g/mol. The van der Waals surface area contributed by atoms with Crippen LogP contribution in [0.3, 0.4) is 0 Å². The third-order valence-electron chi connectivity index (χ3n) is 8.13. The van der Waals surface area contributed by atoms with Crippen LogP contribution in [-0.2, 0) is 22.4 Å². The molecular weight excluding hydrogens is 568 g/mol. The maximum Gasteiger partial charge on any atom is 0.271 e. The van der Waals surface area contributed by atoms with E-state index in [-0.39, 0.29) is 23.8 Å². The van der Waals surface area contributed by atoms with Gasteiger partial charge in [0.25, 0.3) is 11.8 Å². The Morgan fingerprint density at radius 3 is 2.53 bits per heavy atom. The number of rotatable bonds is 8. The van der Waals surface area contributed by atoms with Crippen LogP contribution in [0.25, 0.3) is 23.0 Å². The Labute approximate surface area is 261 Å². The van der Waals surface area contributed by atoms with Crippen LogP contribution in [0.15, 0.2) is 89.6 Å². The van der Waals surface area contributed by atoms with Crippen LogP contribution in [0.1, 0.15) is 30.5 Å². The van der Waals surface area contributed by atoms with Gasteiger partial charge in [0.05, 0.1) is 25.6 Å². The molecule has 0 aliphatic carbocycles. The Morgan fingerprint density at radius 2 is 1.80 bits per heavy atom. The number of nitrogens with zero attached hydrogens (tertiary/aromatic N) is 4. The molecule has 2 amide bonds. The molecule has 1 atom stereocenters. The summed E-state index contributed by atoms with van der Waals surface area (Å²) in [6.07, 6.45) is 4.86. The molecule has 0 spiro atoms. The van der Waals surface area contributed by atoms with Crippen molar-refractivity contribution < 1.29 is 23.8 Å². The van der Waals surface area contributed by atoms with Crippen LogP contribution in [-0.4, -0.2) is 53.4 Å². The number of hydrogen-bond acceptors (Lipinski definition) is 7. The van der Waals surface area contributed by atoms with Crippen molar-refractivity contribution in [1.29, 1.82) is 5.26 Å².